The molecule has 1 N–H and O–H groups in total. The molecule has 2 aromatic carbocycles. The fourth-order valence-corrected chi connectivity index (χ4v) is 5.35. The number of fused-ring (bicyclic) bond motifs is 1. The molecule has 0 aliphatic rings. The summed E-state index contributed by atoms with van der Waals surface area (Å²) in [5, 5.41) is 0.831. The first kappa shape index (κ1) is 21.8. The van der Waals surface area contributed by atoms with Gasteiger partial charge in [0, 0.05) is 30.0 Å². The fraction of sp³-hybridized carbons (Fsp3) is 0.391. The van der Waals surface area contributed by atoms with Gasteiger partial charge in [-0.1, -0.05) is 35.6 Å². The van der Waals surface area contributed by atoms with Gasteiger partial charge in [0.2, 0.25) is 5.91 Å². The van der Waals surface area contributed by atoms with Gasteiger partial charge in [0.15, 0.2) is 5.13 Å². The average Bonchev–Trinajstić information content (AvgIpc) is 3.09. The number of aromatic nitrogens is 1. The Labute approximate surface area is 181 Å². The average molecular weight is 429 g/mol. The van der Waals surface area contributed by atoms with Crippen LogP contribution in [0.25, 0.3) is 10.2 Å². The van der Waals surface area contributed by atoms with E-state index in [1.807, 2.05) is 23.1 Å². The standard InChI is InChI=1S/C23H29N3OS2/c1-17-15-18(2)22-20(16-17)29-23(24-22)26(13-8-12-25(3)4)21(27)11-14-28-19-9-6-5-7-10-19/h5-7,9-10,15-16H,8,11-14H2,1-4H3/p+1. The van der Waals surface area contributed by atoms with Gasteiger partial charge in [-0.2, -0.15) is 0 Å². The number of hydrogen-bond donors (Lipinski definition) is 1. The van der Waals surface area contributed by atoms with Crippen LogP contribution < -0.4 is 9.80 Å². The highest BCUT2D eigenvalue weighted by Gasteiger charge is 2.20. The Morgan fingerprint density at radius 1 is 1.17 bits per heavy atom. The monoisotopic (exact) mass is 428 g/mol. The minimum Gasteiger partial charge on any atom is -0.340 e. The second-order valence-corrected chi connectivity index (χ2v) is 9.87. The number of anilines is 1. The van der Waals surface area contributed by atoms with Gasteiger partial charge in [-0.3, -0.25) is 9.69 Å². The van der Waals surface area contributed by atoms with E-state index >= 15 is 0 Å². The van der Waals surface area contributed by atoms with E-state index in [1.165, 1.54) is 20.9 Å². The number of benzene rings is 2. The molecule has 1 amide bonds. The zero-order chi connectivity index (χ0) is 20.8. The quantitative estimate of drug-likeness (QED) is 0.524. The third-order valence-electron chi connectivity index (χ3n) is 4.74. The van der Waals surface area contributed by atoms with Gasteiger partial charge in [0.05, 0.1) is 30.9 Å². The highest BCUT2D eigenvalue weighted by atomic mass is 32.2. The fourth-order valence-electron chi connectivity index (χ4n) is 3.30. The van der Waals surface area contributed by atoms with Crippen molar-refractivity contribution in [3.63, 3.8) is 0 Å². The van der Waals surface area contributed by atoms with Gasteiger partial charge in [0.1, 0.15) is 0 Å². The van der Waals surface area contributed by atoms with Crippen LogP contribution >= 0.6 is 23.1 Å². The molecule has 3 rings (SSSR count). The van der Waals surface area contributed by atoms with Crippen molar-refractivity contribution in [2.45, 2.75) is 31.6 Å². The van der Waals surface area contributed by atoms with Crippen molar-refractivity contribution in [3.05, 3.63) is 53.6 Å². The second kappa shape index (κ2) is 10.2. The molecule has 0 aliphatic carbocycles. The predicted octanol–water partition coefficient (Wildman–Crippen LogP) is 3.96. The number of rotatable bonds is 9. The normalized spacial score (nSPS) is 11.3. The van der Waals surface area contributed by atoms with E-state index < -0.39 is 0 Å². The smallest absolute Gasteiger partial charge is 0.229 e. The van der Waals surface area contributed by atoms with Gasteiger partial charge in [0.25, 0.3) is 0 Å². The van der Waals surface area contributed by atoms with Crippen molar-refractivity contribution < 1.29 is 9.69 Å². The van der Waals surface area contributed by atoms with Crippen LogP contribution in [0.5, 0.6) is 0 Å². The van der Waals surface area contributed by atoms with Crippen LogP contribution in [0.1, 0.15) is 24.0 Å². The van der Waals surface area contributed by atoms with E-state index in [-0.39, 0.29) is 5.91 Å². The lowest BCUT2D eigenvalue weighted by Gasteiger charge is -2.20. The number of carbonyl (C=O) groups is 1. The minimum absolute atomic E-state index is 0.163. The minimum atomic E-state index is 0.163. The number of thiazole rings is 1. The third kappa shape index (κ3) is 6.04. The van der Waals surface area contributed by atoms with E-state index in [2.05, 4.69) is 52.2 Å². The molecule has 29 heavy (non-hydrogen) atoms. The summed E-state index contributed by atoms with van der Waals surface area (Å²) in [6.07, 6.45) is 1.48. The molecule has 6 heteroatoms. The van der Waals surface area contributed by atoms with Gasteiger partial charge < -0.3 is 4.90 Å². The highest BCUT2D eigenvalue weighted by molar-refractivity contribution is 7.99. The Morgan fingerprint density at radius 2 is 1.93 bits per heavy atom. The van der Waals surface area contributed by atoms with Gasteiger partial charge in [-0.15, -0.1) is 11.8 Å². The molecule has 0 bridgehead atoms. The zero-order valence-electron chi connectivity index (χ0n) is 17.7. The maximum Gasteiger partial charge on any atom is 0.229 e. The lowest BCUT2D eigenvalue weighted by atomic mass is 10.1. The molecule has 1 aromatic heterocycles. The molecular weight excluding hydrogens is 398 g/mol. The molecule has 0 fully saturated rings. The molecule has 0 spiro atoms. The molecule has 4 nitrogen and oxygen atoms in total. The van der Waals surface area contributed by atoms with Gasteiger partial charge in [-0.05, 0) is 43.2 Å². The van der Waals surface area contributed by atoms with Crippen molar-refractivity contribution in [2.24, 2.45) is 0 Å². The summed E-state index contributed by atoms with van der Waals surface area (Å²) in [5.74, 6) is 0.942. The van der Waals surface area contributed by atoms with Crippen molar-refractivity contribution in [1.29, 1.82) is 0 Å². The van der Waals surface area contributed by atoms with E-state index in [1.54, 1.807) is 23.1 Å². The summed E-state index contributed by atoms with van der Waals surface area (Å²) in [7, 11) is 4.29. The van der Waals surface area contributed by atoms with E-state index in [4.69, 9.17) is 4.98 Å². The number of carbonyl (C=O) groups excluding carboxylic acids is 1. The van der Waals surface area contributed by atoms with Crippen LogP contribution in [0.4, 0.5) is 5.13 Å². The highest BCUT2D eigenvalue weighted by Crippen LogP contribution is 2.32. The largest absolute Gasteiger partial charge is 0.340 e. The Bertz CT molecular complexity index is 953. The zero-order valence-corrected chi connectivity index (χ0v) is 19.3. The number of aryl methyl sites for hydroxylation is 2. The number of amides is 1. The maximum absolute atomic E-state index is 13.1. The number of hydrogen-bond acceptors (Lipinski definition) is 4. The van der Waals surface area contributed by atoms with Crippen molar-refractivity contribution >= 4 is 44.4 Å². The molecule has 0 saturated heterocycles. The van der Waals surface area contributed by atoms with E-state index in [9.17, 15) is 4.79 Å². The molecule has 0 saturated carbocycles. The lowest BCUT2D eigenvalue weighted by molar-refractivity contribution is -0.858. The first-order valence-electron chi connectivity index (χ1n) is 10.1. The summed E-state index contributed by atoms with van der Waals surface area (Å²) < 4.78 is 1.16. The lowest BCUT2D eigenvalue weighted by Crippen LogP contribution is -3.05. The Kier molecular flexibility index (Phi) is 7.70. The molecule has 0 radical (unpaired) electrons. The van der Waals surface area contributed by atoms with E-state index in [0.29, 0.717) is 6.42 Å². The molecular formula is C23H30N3OS2+. The third-order valence-corrected chi connectivity index (χ3v) is 6.78. The van der Waals surface area contributed by atoms with E-state index in [0.717, 1.165) is 40.6 Å². The number of nitrogens with one attached hydrogen (secondary N) is 1. The van der Waals surface area contributed by atoms with Crippen molar-refractivity contribution in [3.8, 4) is 0 Å². The maximum atomic E-state index is 13.1. The molecule has 0 unspecified atom stereocenters. The number of quaternary nitrogens is 1. The Balaban J connectivity index is 1.74. The molecule has 154 valence electrons. The topological polar surface area (TPSA) is 37.6 Å². The molecule has 0 aliphatic heterocycles. The predicted molar refractivity (Wildman–Crippen MR) is 126 cm³/mol. The first-order valence-corrected chi connectivity index (χ1v) is 11.9. The van der Waals surface area contributed by atoms with Crippen LogP contribution in [-0.2, 0) is 4.79 Å². The van der Waals surface area contributed by atoms with Gasteiger partial charge in [-0.25, -0.2) is 4.98 Å². The van der Waals surface area contributed by atoms with Crippen LogP contribution in [0.15, 0.2) is 47.4 Å². The number of nitrogens with zero attached hydrogens (tertiary/aromatic N) is 2. The first-order chi connectivity index (χ1) is 13.9. The Morgan fingerprint density at radius 3 is 2.66 bits per heavy atom. The summed E-state index contributed by atoms with van der Waals surface area (Å²) in [4.78, 5) is 22.5. The van der Waals surface area contributed by atoms with Crippen LogP contribution in [0.3, 0.4) is 0 Å². The summed E-state index contributed by atoms with van der Waals surface area (Å²) in [6.45, 7) is 5.95. The molecule has 0 atom stereocenters. The van der Waals surface area contributed by atoms with Crippen LogP contribution in [0.2, 0.25) is 0 Å². The Hall–Kier alpha value is -1.89. The van der Waals surface area contributed by atoms with Crippen LogP contribution in [-0.4, -0.2) is 43.8 Å². The summed E-state index contributed by atoms with van der Waals surface area (Å²) in [5.41, 5.74) is 3.43. The second-order valence-electron chi connectivity index (χ2n) is 7.69. The summed E-state index contributed by atoms with van der Waals surface area (Å²) >= 11 is 3.36. The SMILES string of the molecule is Cc1cc(C)c2nc(N(CCC[NH+](C)C)C(=O)CCSc3ccccc3)sc2c1. The molecule has 1 heterocycles. The van der Waals surface area contributed by atoms with Crippen LogP contribution in [0, 0.1) is 13.8 Å². The van der Waals surface area contributed by atoms with Crippen molar-refractivity contribution in [1.82, 2.24) is 4.98 Å². The van der Waals surface area contributed by atoms with Gasteiger partial charge >= 0.3 is 0 Å². The van der Waals surface area contributed by atoms with Crippen molar-refractivity contribution in [2.75, 3.05) is 37.8 Å². The molecule has 3 aromatic rings. The summed E-state index contributed by atoms with van der Waals surface area (Å²) in [6, 6.07) is 14.6. The number of thioether (sulfide) groups is 1.